The van der Waals surface area contributed by atoms with Gasteiger partial charge in [0.2, 0.25) is 11.8 Å². The Hall–Kier alpha value is -5.51. The number of nitrogens with zero attached hydrogens (tertiary/aromatic N) is 1. The van der Waals surface area contributed by atoms with Crippen molar-refractivity contribution >= 4 is 41.8 Å². The Morgan fingerprint density at radius 2 is 1.37 bits per heavy atom. The maximum absolute atomic E-state index is 14.2. The number of carboxylic acid groups (broad SMARTS) is 1. The van der Waals surface area contributed by atoms with Gasteiger partial charge in [-0.05, 0) is 22.3 Å². The largest absolute Gasteiger partial charge is 0.480 e. The van der Waals surface area contributed by atoms with Crippen LogP contribution in [0.5, 0.6) is 0 Å². The number of fused-ring (bicyclic) bond motifs is 3. The van der Waals surface area contributed by atoms with Crippen LogP contribution >= 0.6 is 0 Å². The van der Waals surface area contributed by atoms with Crippen molar-refractivity contribution in [2.24, 2.45) is 5.73 Å². The normalized spacial score (nSPS) is 21.6. The van der Waals surface area contributed by atoms with Crippen molar-refractivity contribution < 1.29 is 62.4 Å². The van der Waals surface area contributed by atoms with Gasteiger partial charge in [-0.2, -0.15) is 0 Å². The Labute approximate surface area is 280 Å². The molecule has 1 fully saturated rings. The Kier molecular flexibility index (Phi) is 11.6. The summed E-state index contributed by atoms with van der Waals surface area (Å²) >= 11 is 0. The molecule has 2 aromatic carbocycles. The van der Waals surface area contributed by atoms with Crippen molar-refractivity contribution in [1.82, 2.24) is 10.2 Å². The number of amides is 3. The van der Waals surface area contributed by atoms with Gasteiger partial charge in [0, 0.05) is 33.6 Å². The lowest BCUT2D eigenvalue weighted by Crippen LogP contribution is -2.71. The highest BCUT2D eigenvalue weighted by Gasteiger charge is 2.55. The number of carbonyl (C=O) groups is 7. The summed E-state index contributed by atoms with van der Waals surface area (Å²) in [5.41, 5.74) is 8.93. The van der Waals surface area contributed by atoms with E-state index < -0.39 is 97.4 Å². The topological polar surface area (TPSA) is 227 Å². The van der Waals surface area contributed by atoms with Crippen LogP contribution < -0.4 is 11.1 Å². The summed E-state index contributed by atoms with van der Waals surface area (Å²) in [5.74, 6) is -6.57. The molecule has 0 bridgehead atoms. The highest BCUT2D eigenvalue weighted by atomic mass is 16.6. The highest BCUT2D eigenvalue weighted by Crippen LogP contribution is 2.44. The number of aliphatic carboxylic acids is 1. The molecule has 2 aliphatic rings. The van der Waals surface area contributed by atoms with E-state index in [0.29, 0.717) is 4.90 Å². The highest BCUT2D eigenvalue weighted by molar-refractivity contribution is 5.87. The summed E-state index contributed by atoms with van der Waals surface area (Å²) in [6.07, 6.45) is -8.74. The molecule has 262 valence electrons. The SMILES string of the molecule is CC(=O)N[C@@H]1[C@@H](OC(C)=O)[C@H](OC(C)=O)[C@@H](COC(C)=O)O[C@H]1N(C(=O)OCC1c2ccccc2-c2ccccc21)[C@@H](CC(N)=O)C(=O)O. The third-order valence-electron chi connectivity index (χ3n) is 7.93. The minimum atomic E-state index is -2.04. The molecule has 1 aliphatic carbocycles. The van der Waals surface area contributed by atoms with E-state index in [0.717, 1.165) is 49.9 Å². The number of hydrogen-bond donors (Lipinski definition) is 3. The van der Waals surface area contributed by atoms with E-state index in [9.17, 15) is 38.7 Å². The Bertz CT molecular complexity index is 1580. The molecule has 0 aromatic heterocycles. The van der Waals surface area contributed by atoms with Crippen molar-refractivity contribution in [3.8, 4) is 11.1 Å². The fourth-order valence-corrected chi connectivity index (χ4v) is 6.12. The first kappa shape index (κ1) is 36.3. The lowest BCUT2D eigenvalue weighted by molar-refractivity contribution is -0.247. The van der Waals surface area contributed by atoms with Crippen molar-refractivity contribution in [2.75, 3.05) is 13.2 Å². The molecule has 4 rings (SSSR count). The third kappa shape index (κ3) is 8.51. The molecule has 0 saturated carbocycles. The van der Waals surface area contributed by atoms with Gasteiger partial charge in [-0.1, -0.05) is 48.5 Å². The van der Waals surface area contributed by atoms with E-state index in [2.05, 4.69) is 5.32 Å². The first-order valence-electron chi connectivity index (χ1n) is 15.2. The number of carboxylic acids is 1. The maximum Gasteiger partial charge on any atom is 0.412 e. The lowest BCUT2D eigenvalue weighted by Gasteiger charge is -2.49. The lowest BCUT2D eigenvalue weighted by atomic mass is 9.93. The number of primary amides is 1. The zero-order valence-corrected chi connectivity index (χ0v) is 27.2. The van der Waals surface area contributed by atoms with Gasteiger partial charge in [0.25, 0.3) is 0 Å². The number of benzene rings is 2. The van der Waals surface area contributed by atoms with Gasteiger partial charge in [-0.3, -0.25) is 28.9 Å². The van der Waals surface area contributed by atoms with Crippen molar-refractivity contribution in [1.29, 1.82) is 0 Å². The van der Waals surface area contributed by atoms with Crippen molar-refractivity contribution in [3.05, 3.63) is 59.7 Å². The van der Waals surface area contributed by atoms with E-state index in [1.165, 1.54) is 0 Å². The fourth-order valence-electron chi connectivity index (χ4n) is 6.12. The summed E-state index contributed by atoms with van der Waals surface area (Å²) in [4.78, 5) is 88.3. The van der Waals surface area contributed by atoms with Crippen LogP contribution in [-0.4, -0.2) is 102 Å². The van der Waals surface area contributed by atoms with Gasteiger partial charge in [-0.25, -0.2) is 9.59 Å². The number of nitrogens with two attached hydrogens (primary N) is 1. The molecule has 16 nitrogen and oxygen atoms in total. The Morgan fingerprint density at radius 3 is 1.86 bits per heavy atom. The second kappa shape index (κ2) is 15.6. The van der Waals surface area contributed by atoms with Crippen molar-refractivity contribution in [3.63, 3.8) is 0 Å². The van der Waals surface area contributed by atoms with Crippen LogP contribution in [0.2, 0.25) is 0 Å². The molecule has 1 heterocycles. The van der Waals surface area contributed by atoms with Crippen LogP contribution in [0.15, 0.2) is 48.5 Å². The predicted molar refractivity (Wildman–Crippen MR) is 166 cm³/mol. The van der Waals surface area contributed by atoms with Gasteiger partial charge in [0.05, 0.1) is 6.42 Å². The van der Waals surface area contributed by atoms with E-state index >= 15 is 0 Å². The number of carbonyl (C=O) groups excluding carboxylic acids is 6. The molecular formula is C33H37N3O13. The number of hydrogen-bond acceptors (Lipinski definition) is 12. The summed E-state index contributed by atoms with van der Waals surface area (Å²) in [5, 5.41) is 12.8. The van der Waals surface area contributed by atoms with Gasteiger partial charge >= 0.3 is 30.0 Å². The van der Waals surface area contributed by atoms with Crippen LogP contribution in [-0.2, 0) is 52.5 Å². The molecule has 2 aromatic rings. The zero-order valence-electron chi connectivity index (χ0n) is 27.2. The number of rotatable bonds is 12. The summed E-state index contributed by atoms with van der Waals surface area (Å²) in [6, 6.07) is 11.3. The average Bonchev–Trinajstić information content (AvgIpc) is 3.34. The zero-order chi connectivity index (χ0) is 36.0. The van der Waals surface area contributed by atoms with Crippen molar-refractivity contribution in [2.45, 2.75) is 76.7 Å². The van der Waals surface area contributed by atoms with Gasteiger partial charge in [-0.15, -0.1) is 0 Å². The second-order valence-electron chi connectivity index (χ2n) is 11.5. The number of ether oxygens (including phenoxy) is 5. The van der Waals surface area contributed by atoms with Gasteiger partial charge < -0.3 is 39.8 Å². The van der Waals surface area contributed by atoms with E-state index in [-0.39, 0.29) is 6.61 Å². The first-order chi connectivity index (χ1) is 23.2. The third-order valence-corrected chi connectivity index (χ3v) is 7.93. The molecule has 16 heteroatoms. The maximum atomic E-state index is 14.2. The summed E-state index contributed by atoms with van der Waals surface area (Å²) < 4.78 is 27.8. The molecule has 1 aliphatic heterocycles. The van der Waals surface area contributed by atoms with Crippen LogP contribution in [0.25, 0.3) is 11.1 Å². The Balaban J connectivity index is 1.80. The van der Waals surface area contributed by atoms with E-state index in [1.54, 1.807) is 0 Å². The van der Waals surface area contributed by atoms with E-state index in [1.807, 2.05) is 48.5 Å². The van der Waals surface area contributed by atoms with E-state index in [4.69, 9.17) is 29.4 Å². The first-order valence-corrected chi connectivity index (χ1v) is 15.2. The molecule has 0 unspecified atom stereocenters. The van der Waals surface area contributed by atoms with Crippen LogP contribution in [0, 0.1) is 0 Å². The minimum absolute atomic E-state index is 0.288. The molecule has 6 atom stereocenters. The predicted octanol–water partition coefficient (Wildman–Crippen LogP) is 1.22. The molecule has 0 radical (unpaired) electrons. The number of nitrogens with one attached hydrogen (secondary N) is 1. The van der Waals surface area contributed by atoms with Gasteiger partial charge in [0.15, 0.2) is 18.4 Å². The standard InChI is InChI=1S/C33H37N3O13/c1-16(37)35-28-30(48-19(4)40)29(47-18(3)39)26(15-45-17(2)38)49-31(28)36(25(32(42)43)13-27(34)41)33(44)46-14-24-22-11-7-5-9-20(22)21-10-6-8-12-23(21)24/h5-12,24-26,28-31H,13-15H2,1-4H3,(H2,34,41)(H,35,37)(H,42,43)/t25-,26+,28+,29+,30+,31+/m0/s1. The minimum Gasteiger partial charge on any atom is -0.480 e. The monoisotopic (exact) mass is 683 g/mol. The van der Waals surface area contributed by atoms with Crippen LogP contribution in [0.3, 0.4) is 0 Å². The van der Waals surface area contributed by atoms with Crippen LogP contribution in [0.4, 0.5) is 4.79 Å². The molecule has 1 saturated heterocycles. The van der Waals surface area contributed by atoms with Gasteiger partial charge in [0.1, 0.15) is 31.4 Å². The molecule has 3 amide bonds. The second-order valence-corrected chi connectivity index (χ2v) is 11.5. The van der Waals surface area contributed by atoms with Crippen LogP contribution in [0.1, 0.15) is 51.2 Å². The molecule has 0 spiro atoms. The molecule has 49 heavy (non-hydrogen) atoms. The quantitative estimate of drug-likeness (QED) is 0.212. The summed E-state index contributed by atoms with van der Waals surface area (Å²) in [7, 11) is 0. The number of esters is 3. The fraction of sp³-hybridized carbons (Fsp3) is 0.424. The average molecular weight is 684 g/mol. The summed E-state index contributed by atoms with van der Waals surface area (Å²) in [6.45, 7) is 3.33. The smallest absolute Gasteiger partial charge is 0.412 e. The molecular weight excluding hydrogens is 646 g/mol. The Morgan fingerprint density at radius 1 is 0.816 bits per heavy atom. The molecule has 4 N–H and O–H groups in total.